The summed E-state index contributed by atoms with van der Waals surface area (Å²) in [6.07, 6.45) is 2.77. The highest BCUT2D eigenvalue weighted by Crippen LogP contribution is 2.22. The molecule has 1 amide bonds. The predicted molar refractivity (Wildman–Crippen MR) is 115 cm³/mol. The van der Waals surface area contributed by atoms with Crippen LogP contribution in [0, 0.1) is 5.92 Å². The summed E-state index contributed by atoms with van der Waals surface area (Å²) in [6.45, 7) is 5.99. The summed E-state index contributed by atoms with van der Waals surface area (Å²) in [5.41, 5.74) is 2.63. The van der Waals surface area contributed by atoms with Crippen molar-refractivity contribution in [2.45, 2.75) is 39.7 Å². The number of hydrogen-bond donors (Lipinski definition) is 1. The molecule has 152 valence electrons. The van der Waals surface area contributed by atoms with Crippen molar-refractivity contribution in [1.82, 2.24) is 5.32 Å². The monoisotopic (exact) mass is 402 g/mol. The van der Waals surface area contributed by atoms with Crippen molar-refractivity contribution in [3.8, 4) is 0 Å². The lowest BCUT2D eigenvalue weighted by Gasteiger charge is -2.25. The van der Waals surface area contributed by atoms with Crippen molar-refractivity contribution in [1.29, 1.82) is 0 Å². The molecule has 0 aliphatic rings. The van der Waals surface area contributed by atoms with E-state index in [9.17, 15) is 13.2 Å². The second kappa shape index (κ2) is 9.73. The van der Waals surface area contributed by atoms with Gasteiger partial charge in [0, 0.05) is 0 Å². The molecular weight excluding hydrogens is 372 g/mol. The van der Waals surface area contributed by atoms with Crippen molar-refractivity contribution in [3.63, 3.8) is 0 Å². The number of sulfonamides is 1. The van der Waals surface area contributed by atoms with Gasteiger partial charge < -0.3 is 5.32 Å². The summed E-state index contributed by atoms with van der Waals surface area (Å²) in [5.74, 6) is 0.0672. The molecule has 2 aromatic carbocycles. The Labute approximate surface area is 168 Å². The van der Waals surface area contributed by atoms with Crippen LogP contribution in [0.3, 0.4) is 0 Å². The lowest BCUT2D eigenvalue weighted by Crippen LogP contribution is -2.41. The van der Waals surface area contributed by atoms with Crippen LogP contribution in [0.5, 0.6) is 0 Å². The minimum absolute atomic E-state index is 0.155. The first-order chi connectivity index (χ1) is 13.2. The number of carbonyl (C=O) groups excluding carboxylic acids is 1. The molecular formula is C22H30N2O3S. The molecule has 5 nitrogen and oxygen atoms in total. The third-order valence-electron chi connectivity index (χ3n) is 4.56. The number of rotatable bonds is 9. The normalized spacial score (nSPS) is 12.6. The molecule has 28 heavy (non-hydrogen) atoms. The highest BCUT2D eigenvalue weighted by Gasteiger charge is 2.23. The minimum atomic E-state index is -3.58. The SMILES string of the molecule is CCc1ccc(N(CC(=O)NC(CC(C)C)c2ccccc2)S(C)(=O)=O)cc1. The number of carbonyl (C=O) groups is 1. The number of nitrogens with one attached hydrogen (secondary N) is 1. The van der Waals surface area contributed by atoms with Gasteiger partial charge in [-0.3, -0.25) is 9.10 Å². The molecule has 0 fully saturated rings. The second-order valence-corrected chi connectivity index (χ2v) is 9.36. The van der Waals surface area contributed by atoms with Crippen LogP contribution in [0.25, 0.3) is 0 Å². The van der Waals surface area contributed by atoms with E-state index in [0.29, 0.717) is 11.6 Å². The zero-order valence-electron chi connectivity index (χ0n) is 17.1. The maximum absolute atomic E-state index is 12.7. The molecule has 0 aliphatic heterocycles. The molecule has 6 heteroatoms. The van der Waals surface area contributed by atoms with E-state index in [1.807, 2.05) is 49.4 Å². The summed E-state index contributed by atoms with van der Waals surface area (Å²) >= 11 is 0. The number of hydrogen-bond acceptors (Lipinski definition) is 3. The molecule has 0 radical (unpaired) electrons. The van der Waals surface area contributed by atoms with Gasteiger partial charge in [-0.1, -0.05) is 63.2 Å². The van der Waals surface area contributed by atoms with Gasteiger partial charge in [0.25, 0.3) is 0 Å². The molecule has 1 unspecified atom stereocenters. The quantitative estimate of drug-likeness (QED) is 0.691. The van der Waals surface area contributed by atoms with Gasteiger partial charge in [-0.15, -0.1) is 0 Å². The zero-order valence-corrected chi connectivity index (χ0v) is 17.9. The summed E-state index contributed by atoms with van der Waals surface area (Å²) in [7, 11) is -3.58. The topological polar surface area (TPSA) is 66.5 Å². The maximum Gasteiger partial charge on any atom is 0.241 e. The predicted octanol–water partition coefficient (Wildman–Crippen LogP) is 3.92. The minimum Gasteiger partial charge on any atom is -0.348 e. The third kappa shape index (κ3) is 6.37. The maximum atomic E-state index is 12.7. The molecule has 0 aliphatic carbocycles. The Kier molecular flexibility index (Phi) is 7.63. The fourth-order valence-electron chi connectivity index (χ4n) is 3.10. The van der Waals surface area contributed by atoms with Crippen molar-refractivity contribution in [2.75, 3.05) is 17.1 Å². The molecule has 0 heterocycles. The van der Waals surface area contributed by atoms with Crippen LogP contribution in [0.2, 0.25) is 0 Å². The van der Waals surface area contributed by atoms with E-state index >= 15 is 0 Å². The summed E-state index contributed by atoms with van der Waals surface area (Å²) < 4.78 is 25.8. The second-order valence-electron chi connectivity index (χ2n) is 7.45. The van der Waals surface area contributed by atoms with Gasteiger partial charge >= 0.3 is 0 Å². The Morgan fingerprint density at radius 1 is 1.04 bits per heavy atom. The van der Waals surface area contributed by atoms with E-state index in [-0.39, 0.29) is 18.5 Å². The van der Waals surface area contributed by atoms with Crippen LogP contribution in [0.1, 0.15) is 44.4 Å². The first kappa shape index (κ1) is 22.0. The van der Waals surface area contributed by atoms with E-state index in [4.69, 9.17) is 0 Å². The number of anilines is 1. The molecule has 1 N–H and O–H groups in total. The Morgan fingerprint density at radius 3 is 2.14 bits per heavy atom. The lowest BCUT2D eigenvalue weighted by atomic mass is 9.97. The van der Waals surface area contributed by atoms with Crippen LogP contribution in [-0.4, -0.2) is 27.1 Å². The van der Waals surface area contributed by atoms with Crippen LogP contribution >= 0.6 is 0 Å². The smallest absolute Gasteiger partial charge is 0.241 e. The molecule has 2 aromatic rings. The highest BCUT2D eigenvalue weighted by molar-refractivity contribution is 7.92. The Morgan fingerprint density at radius 2 is 1.64 bits per heavy atom. The largest absolute Gasteiger partial charge is 0.348 e. The van der Waals surface area contributed by atoms with E-state index in [1.165, 1.54) is 0 Å². The molecule has 0 saturated heterocycles. The Hall–Kier alpha value is -2.34. The van der Waals surface area contributed by atoms with E-state index in [0.717, 1.165) is 34.5 Å². The van der Waals surface area contributed by atoms with Crippen molar-refractivity contribution >= 4 is 21.6 Å². The molecule has 0 aromatic heterocycles. The first-order valence-corrected chi connectivity index (χ1v) is 11.5. The average molecular weight is 403 g/mol. The molecule has 0 spiro atoms. The van der Waals surface area contributed by atoms with Gasteiger partial charge in [-0.05, 0) is 42.0 Å². The molecule has 0 saturated carbocycles. The Bertz CT molecular complexity index is 862. The van der Waals surface area contributed by atoms with E-state index < -0.39 is 10.0 Å². The zero-order chi connectivity index (χ0) is 20.7. The van der Waals surface area contributed by atoms with Crippen LogP contribution < -0.4 is 9.62 Å². The lowest BCUT2D eigenvalue weighted by molar-refractivity contribution is -0.120. The van der Waals surface area contributed by atoms with Gasteiger partial charge in [0.2, 0.25) is 15.9 Å². The molecule has 2 rings (SSSR count). The average Bonchev–Trinajstić information content (AvgIpc) is 2.65. The number of aryl methyl sites for hydroxylation is 1. The van der Waals surface area contributed by atoms with Crippen LogP contribution in [0.15, 0.2) is 54.6 Å². The summed E-state index contributed by atoms with van der Waals surface area (Å²) in [4.78, 5) is 12.7. The van der Waals surface area contributed by atoms with Gasteiger partial charge in [0.05, 0.1) is 18.0 Å². The summed E-state index contributed by atoms with van der Waals surface area (Å²) in [6, 6.07) is 16.9. The van der Waals surface area contributed by atoms with Gasteiger partial charge in [0.15, 0.2) is 0 Å². The van der Waals surface area contributed by atoms with Crippen LogP contribution in [0.4, 0.5) is 5.69 Å². The standard InChI is InChI=1S/C22H30N2O3S/c1-5-18-11-13-20(14-12-18)24(28(4,26)27)16-22(25)23-21(15-17(2)3)19-9-7-6-8-10-19/h6-14,17,21H,5,15-16H2,1-4H3,(H,23,25). The Balaban J connectivity index is 2.19. The number of benzene rings is 2. The van der Waals surface area contributed by atoms with Gasteiger partial charge in [-0.25, -0.2) is 8.42 Å². The van der Waals surface area contributed by atoms with Crippen molar-refractivity contribution < 1.29 is 13.2 Å². The fourth-order valence-corrected chi connectivity index (χ4v) is 3.96. The van der Waals surface area contributed by atoms with Gasteiger partial charge in [-0.2, -0.15) is 0 Å². The first-order valence-electron chi connectivity index (χ1n) is 9.61. The summed E-state index contributed by atoms with van der Waals surface area (Å²) in [5, 5.41) is 3.01. The molecule has 1 atom stereocenters. The van der Waals surface area contributed by atoms with E-state index in [1.54, 1.807) is 12.1 Å². The molecule has 0 bridgehead atoms. The van der Waals surface area contributed by atoms with Crippen molar-refractivity contribution in [2.24, 2.45) is 5.92 Å². The van der Waals surface area contributed by atoms with Gasteiger partial charge in [0.1, 0.15) is 6.54 Å². The van der Waals surface area contributed by atoms with E-state index in [2.05, 4.69) is 19.2 Å². The third-order valence-corrected chi connectivity index (χ3v) is 5.70. The number of amides is 1. The van der Waals surface area contributed by atoms with Crippen molar-refractivity contribution in [3.05, 3.63) is 65.7 Å². The van der Waals surface area contributed by atoms with Crippen LogP contribution in [-0.2, 0) is 21.2 Å². The fraction of sp³-hybridized carbons (Fsp3) is 0.409. The number of nitrogens with zero attached hydrogens (tertiary/aromatic N) is 1. The highest BCUT2D eigenvalue weighted by atomic mass is 32.2.